The quantitative estimate of drug-likeness (QED) is 0.589. The fraction of sp³-hybridized carbons (Fsp3) is 0.222. The first kappa shape index (κ1) is 19.3. The maximum Gasteiger partial charge on any atom is 0.252 e. The highest BCUT2D eigenvalue weighted by Gasteiger charge is 2.17. The van der Waals surface area contributed by atoms with Gasteiger partial charge in [0.05, 0.1) is 32.8 Å². The summed E-state index contributed by atoms with van der Waals surface area (Å²) in [6.45, 7) is 1.12. The van der Waals surface area contributed by atoms with Gasteiger partial charge in [-0.1, -0.05) is 23.7 Å². The standard InChI is InChI=1S/C18H19ClN4O3S/c1-20-27(25,26)13-7-8-15(19)14(11-13)18(24)21-9-4-10-23-12-22-16-5-2-3-6-17(16)23/h2-3,5-8,11-12,20H,4,9-10H2,1H3,(H,21,24). The average molecular weight is 407 g/mol. The molecule has 27 heavy (non-hydrogen) atoms. The number of carbonyl (C=O) groups is 1. The molecule has 7 nitrogen and oxygen atoms in total. The number of para-hydroxylation sites is 2. The number of hydrogen-bond acceptors (Lipinski definition) is 4. The van der Waals surface area contributed by atoms with E-state index in [1.165, 1.54) is 25.2 Å². The summed E-state index contributed by atoms with van der Waals surface area (Å²) >= 11 is 6.06. The van der Waals surface area contributed by atoms with Crippen molar-refractivity contribution in [2.75, 3.05) is 13.6 Å². The first-order valence-corrected chi connectivity index (χ1v) is 10.2. The largest absolute Gasteiger partial charge is 0.352 e. The van der Waals surface area contributed by atoms with Crippen LogP contribution in [0.1, 0.15) is 16.8 Å². The first-order valence-electron chi connectivity index (χ1n) is 8.33. The highest BCUT2D eigenvalue weighted by molar-refractivity contribution is 7.89. The summed E-state index contributed by atoms with van der Waals surface area (Å²) in [6, 6.07) is 11.9. The zero-order valence-electron chi connectivity index (χ0n) is 14.6. The minimum Gasteiger partial charge on any atom is -0.352 e. The predicted molar refractivity (Wildman–Crippen MR) is 104 cm³/mol. The lowest BCUT2D eigenvalue weighted by Gasteiger charge is -2.10. The number of nitrogens with one attached hydrogen (secondary N) is 2. The molecule has 9 heteroatoms. The molecule has 0 radical (unpaired) electrons. The summed E-state index contributed by atoms with van der Waals surface area (Å²) in [5.41, 5.74) is 2.09. The third-order valence-corrected chi connectivity index (χ3v) is 5.89. The smallest absolute Gasteiger partial charge is 0.252 e. The lowest BCUT2D eigenvalue weighted by atomic mass is 10.2. The zero-order valence-corrected chi connectivity index (χ0v) is 16.2. The van der Waals surface area contributed by atoms with E-state index in [1.54, 1.807) is 6.33 Å². The SMILES string of the molecule is CNS(=O)(=O)c1ccc(Cl)c(C(=O)NCCCn2cnc3ccccc32)c1. The molecular weight excluding hydrogens is 388 g/mol. The fourth-order valence-corrected chi connectivity index (χ4v) is 3.66. The number of imidazole rings is 1. The highest BCUT2D eigenvalue weighted by atomic mass is 35.5. The maximum absolute atomic E-state index is 12.4. The van der Waals surface area contributed by atoms with Crippen molar-refractivity contribution in [3.8, 4) is 0 Å². The van der Waals surface area contributed by atoms with Crippen molar-refractivity contribution in [2.45, 2.75) is 17.9 Å². The Morgan fingerprint density at radius 3 is 2.78 bits per heavy atom. The Hall–Kier alpha value is -2.42. The van der Waals surface area contributed by atoms with Crippen LogP contribution in [0.25, 0.3) is 11.0 Å². The van der Waals surface area contributed by atoms with Crippen LogP contribution in [-0.2, 0) is 16.6 Å². The van der Waals surface area contributed by atoms with E-state index in [2.05, 4.69) is 15.0 Å². The zero-order chi connectivity index (χ0) is 19.4. The Morgan fingerprint density at radius 1 is 1.22 bits per heavy atom. The molecule has 0 bridgehead atoms. The fourth-order valence-electron chi connectivity index (χ4n) is 2.70. The second-order valence-corrected chi connectivity index (χ2v) is 8.18. The Labute approximate surface area is 162 Å². The van der Waals surface area contributed by atoms with Gasteiger partial charge in [-0.2, -0.15) is 0 Å². The average Bonchev–Trinajstić information content (AvgIpc) is 3.08. The molecule has 3 rings (SSSR count). The number of halogens is 1. The van der Waals surface area contributed by atoms with Crippen molar-refractivity contribution in [3.63, 3.8) is 0 Å². The topological polar surface area (TPSA) is 93.1 Å². The number of rotatable bonds is 7. The normalized spacial score (nSPS) is 11.6. The molecule has 0 atom stereocenters. The Kier molecular flexibility index (Phi) is 5.79. The third kappa shape index (κ3) is 4.29. The molecule has 0 fully saturated rings. The van der Waals surface area contributed by atoms with Crippen LogP contribution in [-0.4, -0.2) is 37.5 Å². The van der Waals surface area contributed by atoms with Gasteiger partial charge >= 0.3 is 0 Å². The van der Waals surface area contributed by atoms with E-state index >= 15 is 0 Å². The van der Waals surface area contributed by atoms with Crippen molar-refractivity contribution >= 4 is 38.6 Å². The monoisotopic (exact) mass is 406 g/mol. The van der Waals surface area contributed by atoms with Crippen LogP contribution < -0.4 is 10.0 Å². The molecule has 1 heterocycles. The third-order valence-electron chi connectivity index (χ3n) is 4.15. The number of hydrogen-bond donors (Lipinski definition) is 2. The molecule has 1 amide bonds. The lowest BCUT2D eigenvalue weighted by Crippen LogP contribution is -2.26. The van der Waals surface area contributed by atoms with Crippen molar-refractivity contribution in [1.82, 2.24) is 19.6 Å². The first-order chi connectivity index (χ1) is 12.9. The van der Waals surface area contributed by atoms with Gasteiger partial charge in [0.2, 0.25) is 10.0 Å². The van der Waals surface area contributed by atoms with Crippen LogP contribution in [0, 0.1) is 0 Å². The second-order valence-electron chi connectivity index (χ2n) is 5.89. The highest BCUT2D eigenvalue weighted by Crippen LogP contribution is 2.20. The molecule has 3 aromatic rings. The number of aryl methyl sites for hydroxylation is 1. The van der Waals surface area contributed by atoms with Crippen molar-refractivity contribution in [1.29, 1.82) is 0 Å². The number of nitrogens with zero attached hydrogens (tertiary/aromatic N) is 2. The predicted octanol–water partition coefficient (Wildman–Crippen LogP) is 2.42. The Balaban J connectivity index is 1.62. The molecule has 0 saturated heterocycles. The molecule has 142 valence electrons. The number of amides is 1. The van der Waals surface area contributed by atoms with Crippen LogP contribution in [0.5, 0.6) is 0 Å². The van der Waals surface area contributed by atoms with Gasteiger partial charge in [0.25, 0.3) is 5.91 Å². The van der Waals surface area contributed by atoms with Gasteiger partial charge < -0.3 is 9.88 Å². The van der Waals surface area contributed by atoms with E-state index in [9.17, 15) is 13.2 Å². The van der Waals surface area contributed by atoms with Gasteiger partial charge in [0.1, 0.15) is 0 Å². The number of sulfonamides is 1. The van der Waals surface area contributed by atoms with Crippen LogP contribution in [0.2, 0.25) is 5.02 Å². The summed E-state index contributed by atoms with van der Waals surface area (Å²) in [5, 5.41) is 2.97. The van der Waals surface area contributed by atoms with Gasteiger partial charge in [-0.05, 0) is 43.8 Å². The molecule has 1 aromatic heterocycles. The van der Waals surface area contributed by atoms with Gasteiger partial charge in [-0.3, -0.25) is 4.79 Å². The van der Waals surface area contributed by atoms with Crippen molar-refractivity contribution in [2.24, 2.45) is 0 Å². The van der Waals surface area contributed by atoms with Crippen LogP contribution in [0.3, 0.4) is 0 Å². The molecule has 0 aliphatic carbocycles. The van der Waals surface area contributed by atoms with Gasteiger partial charge in [0.15, 0.2) is 0 Å². The molecule has 0 saturated carbocycles. The van der Waals surface area contributed by atoms with E-state index < -0.39 is 15.9 Å². The van der Waals surface area contributed by atoms with E-state index in [0.717, 1.165) is 11.0 Å². The Morgan fingerprint density at radius 2 is 2.00 bits per heavy atom. The summed E-state index contributed by atoms with van der Waals surface area (Å²) in [7, 11) is -2.34. The minimum atomic E-state index is -3.65. The van der Waals surface area contributed by atoms with Gasteiger partial charge in [-0.15, -0.1) is 0 Å². The Bertz CT molecular complexity index is 1080. The summed E-state index contributed by atoms with van der Waals surface area (Å²) in [4.78, 5) is 16.7. The molecule has 0 unspecified atom stereocenters. The van der Waals surface area contributed by atoms with Gasteiger partial charge in [-0.25, -0.2) is 18.1 Å². The van der Waals surface area contributed by atoms with Crippen LogP contribution in [0.4, 0.5) is 0 Å². The number of fused-ring (bicyclic) bond motifs is 1. The summed E-state index contributed by atoms with van der Waals surface area (Å²) in [5.74, 6) is -0.413. The molecule has 0 aliphatic rings. The van der Waals surface area contributed by atoms with Crippen molar-refractivity contribution < 1.29 is 13.2 Å². The molecule has 0 spiro atoms. The van der Waals surface area contributed by atoms with E-state index in [-0.39, 0.29) is 15.5 Å². The number of carbonyl (C=O) groups excluding carboxylic acids is 1. The van der Waals surface area contributed by atoms with E-state index in [1.807, 2.05) is 28.8 Å². The molecular formula is C18H19ClN4O3S. The van der Waals surface area contributed by atoms with E-state index in [4.69, 9.17) is 11.6 Å². The van der Waals surface area contributed by atoms with Gasteiger partial charge in [0, 0.05) is 13.1 Å². The summed E-state index contributed by atoms with van der Waals surface area (Å²) in [6.07, 6.45) is 2.47. The minimum absolute atomic E-state index is 0.00978. The molecule has 2 N–H and O–H groups in total. The summed E-state index contributed by atoms with van der Waals surface area (Å²) < 4.78 is 28.0. The molecule has 2 aromatic carbocycles. The van der Waals surface area contributed by atoms with E-state index in [0.29, 0.717) is 19.5 Å². The molecule has 0 aliphatic heterocycles. The number of aromatic nitrogens is 2. The second kappa shape index (κ2) is 8.08. The van der Waals surface area contributed by atoms with Crippen molar-refractivity contribution in [3.05, 3.63) is 59.4 Å². The maximum atomic E-state index is 12.4. The van der Waals surface area contributed by atoms with Crippen LogP contribution in [0.15, 0.2) is 53.7 Å². The number of benzene rings is 2. The van der Waals surface area contributed by atoms with Crippen LogP contribution >= 0.6 is 11.6 Å². The lowest BCUT2D eigenvalue weighted by molar-refractivity contribution is 0.0952.